The van der Waals surface area contributed by atoms with E-state index in [-0.39, 0.29) is 17.7 Å². The highest BCUT2D eigenvalue weighted by molar-refractivity contribution is 7.14. The lowest BCUT2D eigenvalue weighted by molar-refractivity contribution is -0.116. The second kappa shape index (κ2) is 10.2. The Morgan fingerprint density at radius 1 is 1.03 bits per heavy atom. The number of carbonyl (C=O) groups is 3. The molecule has 1 aromatic heterocycles. The monoisotopic (exact) mass is 460 g/mol. The van der Waals surface area contributed by atoms with Crippen LogP contribution in [-0.4, -0.2) is 40.7 Å². The van der Waals surface area contributed by atoms with E-state index in [1.54, 1.807) is 35.7 Å². The standard InChI is InChI=1S/C25H24N4O3S/c1-18(30)29(22-7-3-2-4-8-22)25-27-21(17-33-25)13-14-23(31)26-20-11-9-19(10-12-20)24(32)28-15-5-6-16-28/h2-4,7-14,17H,5-6,15-16H2,1H3,(H,26,31)/b14-13+. The summed E-state index contributed by atoms with van der Waals surface area (Å²) in [6, 6.07) is 16.2. The van der Waals surface area contributed by atoms with E-state index >= 15 is 0 Å². The summed E-state index contributed by atoms with van der Waals surface area (Å²) < 4.78 is 0. The van der Waals surface area contributed by atoms with Crippen molar-refractivity contribution in [3.63, 3.8) is 0 Å². The van der Waals surface area contributed by atoms with Gasteiger partial charge in [0.05, 0.1) is 11.4 Å². The number of hydrogen-bond acceptors (Lipinski definition) is 5. The number of amides is 3. The predicted octanol–water partition coefficient (Wildman–Crippen LogP) is 4.72. The highest BCUT2D eigenvalue weighted by atomic mass is 32.1. The molecule has 3 aromatic rings. The van der Waals surface area contributed by atoms with Crippen LogP contribution < -0.4 is 10.2 Å². The second-order valence-corrected chi connectivity index (χ2v) is 8.48. The SMILES string of the molecule is CC(=O)N(c1ccccc1)c1nc(/C=C/C(=O)Nc2ccc(C(=O)N3CCCC3)cc2)cs1. The van der Waals surface area contributed by atoms with Crippen molar-refractivity contribution in [2.45, 2.75) is 19.8 Å². The first-order chi connectivity index (χ1) is 16.0. The number of thiazole rings is 1. The first kappa shape index (κ1) is 22.4. The molecule has 168 valence electrons. The fourth-order valence-electron chi connectivity index (χ4n) is 3.60. The van der Waals surface area contributed by atoms with Crippen molar-refractivity contribution < 1.29 is 14.4 Å². The molecule has 2 heterocycles. The molecule has 0 unspecified atom stereocenters. The number of benzene rings is 2. The molecular formula is C25H24N4O3S. The molecule has 33 heavy (non-hydrogen) atoms. The first-order valence-corrected chi connectivity index (χ1v) is 11.6. The van der Waals surface area contributed by atoms with E-state index in [1.165, 1.54) is 29.2 Å². The summed E-state index contributed by atoms with van der Waals surface area (Å²) in [5.41, 5.74) is 2.54. The van der Waals surface area contributed by atoms with Crippen molar-refractivity contribution in [1.82, 2.24) is 9.88 Å². The molecule has 7 nitrogen and oxygen atoms in total. The lowest BCUT2D eigenvalue weighted by atomic mass is 10.2. The molecule has 0 spiro atoms. The topological polar surface area (TPSA) is 82.6 Å². The quantitative estimate of drug-likeness (QED) is 0.540. The summed E-state index contributed by atoms with van der Waals surface area (Å²) in [6.07, 6.45) is 5.09. The summed E-state index contributed by atoms with van der Waals surface area (Å²) in [6.45, 7) is 3.09. The lowest BCUT2D eigenvalue weighted by Gasteiger charge is -2.17. The molecule has 2 aromatic carbocycles. The minimum absolute atomic E-state index is 0.0275. The summed E-state index contributed by atoms with van der Waals surface area (Å²) in [4.78, 5) is 44.7. The largest absolute Gasteiger partial charge is 0.339 e. The number of rotatable bonds is 6. The third kappa shape index (κ3) is 5.53. The summed E-state index contributed by atoms with van der Waals surface area (Å²) in [7, 11) is 0. The van der Waals surface area contributed by atoms with E-state index in [9.17, 15) is 14.4 Å². The van der Waals surface area contributed by atoms with E-state index in [4.69, 9.17) is 0 Å². The van der Waals surface area contributed by atoms with Gasteiger partial charge in [-0.2, -0.15) is 0 Å². The summed E-state index contributed by atoms with van der Waals surface area (Å²) in [5, 5.41) is 5.10. The van der Waals surface area contributed by atoms with Crippen molar-refractivity contribution in [1.29, 1.82) is 0 Å². The number of likely N-dealkylation sites (tertiary alicyclic amines) is 1. The van der Waals surface area contributed by atoms with Gasteiger partial charge in [0.25, 0.3) is 5.91 Å². The number of carbonyl (C=O) groups excluding carboxylic acids is 3. The van der Waals surface area contributed by atoms with Gasteiger partial charge >= 0.3 is 0 Å². The zero-order valence-corrected chi connectivity index (χ0v) is 19.0. The molecule has 4 rings (SSSR count). The molecule has 1 aliphatic heterocycles. The zero-order chi connectivity index (χ0) is 23.2. The Kier molecular flexibility index (Phi) is 6.95. The molecule has 8 heteroatoms. The van der Waals surface area contributed by atoms with Gasteiger partial charge in [0.2, 0.25) is 11.8 Å². The van der Waals surface area contributed by atoms with Gasteiger partial charge in [0.1, 0.15) is 0 Å². The van der Waals surface area contributed by atoms with Crippen molar-refractivity contribution in [3.8, 4) is 0 Å². The smallest absolute Gasteiger partial charge is 0.253 e. The third-order valence-corrected chi connectivity index (χ3v) is 6.07. The fourth-order valence-corrected chi connectivity index (χ4v) is 4.46. The second-order valence-electron chi connectivity index (χ2n) is 7.64. The Labute approximate surface area is 196 Å². The van der Waals surface area contributed by atoms with Crippen LogP contribution in [0.3, 0.4) is 0 Å². The number of nitrogens with zero attached hydrogens (tertiary/aromatic N) is 3. The number of anilines is 3. The van der Waals surface area contributed by atoms with Crippen LogP contribution in [0.25, 0.3) is 6.08 Å². The van der Waals surface area contributed by atoms with Gasteiger partial charge in [-0.15, -0.1) is 11.3 Å². The van der Waals surface area contributed by atoms with Crippen LogP contribution in [0.5, 0.6) is 0 Å². The van der Waals surface area contributed by atoms with Gasteiger partial charge in [-0.25, -0.2) is 4.98 Å². The van der Waals surface area contributed by atoms with Gasteiger partial charge in [0.15, 0.2) is 5.13 Å². The Hall–Kier alpha value is -3.78. The molecule has 0 atom stereocenters. The minimum atomic E-state index is -0.311. The number of hydrogen-bond donors (Lipinski definition) is 1. The van der Waals surface area contributed by atoms with Crippen molar-refractivity contribution in [2.75, 3.05) is 23.3 Å². The van der Waals surface area contributed by atoms with E-state index in [2.05, 4.69) is 10.3 Å². The normalized spacial score (nSPS) is 13.3. The Bertz CT molecular complexity index is 1170. The highest BCUT2D eigenvalue weighted by Gasteiger charge is 2.19. The molecule has 3 amide bonds. The average molecular weight is 461 g/mol. The van der Waals surface area contributed by atoms with Crippen molar-refractivity contribution in [3.05, 3.63) is 77.3 Å². The Morgan fingerprint density at radius 2 is 1.73 bits per heavy atom. The van der Waals surface area contributed by atoms with E-state index < -0.39 is 0 Å². The highest BCUT2D eigenvalue weighted by Crippen LogP contribution is 2.29. The van der Waals surface area contributed by atoms with Crippen LogP contribution in [0.1, 0.15) is 35.8 Å². The molecule has 0 saturated carbocycles. The van der Waals surface area contributed by atoms with Crippen molar-refractivity contribution in [2.24, 2.45) is 0 Å². The molecule has 1 aliphatic rings. The zero-order valence-electron chi connectivity index (χ0n) is 18.2. The van der Waals surface area contributed by atoms with E-state index in [0.717, 1.165) is 31.6 Å². The Morgan fingerprint density at radius 3 is 2.39 bits per heavy atom. The maximum absolute atomic E-state index is 12.4. The number of aromatic nitrogens is 1. The molecule has 0 aliphatic carbocycles. The Balaban J connectivity index is 1.37. The van der Waals surface area contributed by atoms with Gasteiger partial charge in [-0.3, -0.25) is 19.3 Å². The number of nitrogens with one attached hydrogen (secondary N) is 1. The van der Waals surface area contributed by atoms with Gasteiger partial charge in [-0.1, -0.05) is 18.2 Å². The minimum Gasteiger partial charge on any atom is -0.339 e. The van der Waals surface area contributed by atoms with Gasteiger partial charge in [0, 0.05) is 42.7 Å². The van der Waals surface area contributed by atoms with Gasteiger partial charge < -0.3 is 10.2 Å². The van der Waals surface area contributed by atoms with Crippen LogP contribution in [0.15, 0.2) is 66.1 Å². The van der Waals surface area contributed by atoms with Gasteiger partial charge in [-0.05, 0) is 55.3 Å². The third-order valence-electron chi connectivity index (χ3n) is 5.23. The molecule has 0 bridgehead atoms. The van der Waals surface area contributed by atoms with Crippen LogP contribution in [-0.2, 0) is 9.59 Å². The average Bonchev–Trinajstić information content (AvgIpc) is 3.51. The molecule has 0 radical (unpaired) electrons. The lowest BCUT2D eigenvalue weighted by Crippen LogP contribution is -2.27. The fraction of sp³-hybridized carbons (Fsp3) is 0.200. The maximum Gasteiger partial charge on any atom is 0.253 e. The van der Waals surface area contributed by atoms with E-state index in [0.29, 0.717) is 22.1 Å². The van der Waals surface area contributed by atoms with Crippen molar-refractivity contribution >= 4 is 51.6 Å². The first-order valence-electron chi connectivity index (χ1n) is 10.7. The van der Waals surface area contributed by atoms with E-state index in [1.807, 2.05) is 35.2 Å². The van der Waals surface area contributed by atoms with Crippen LogP contribution >= 0.6 is 11.3 Å². The number of para-hydroxylation sites is 1. The summed E-state index contributed by atoms with van der Waals surface area (Å²) in [5.74, 6) is -0.426. The predicted molar refractivity (Wildman–Crippen MR) is 131 cm³/mol. The van der Waals surface area contributed by atoms with Crippen LogP contribution in [0.2, 0.25) is 0 Å². The molecule has 1 fully saturated rings. The molecule has 1 saturated heterocycles. The van der Waals surface area contributed by atoms with Crippen LogP contribution in [0.4, 0.5) is 16.5 Å². The maximum atomic E-state index is 12.4. The molecule has 1 N–H and O–H groups in total. The summed E-state index contributed by atoms with van der Waals surface area (Å²) >= 11 is 1.33. The molecular weight excluding hydrogens is 436 g/mol. The van der Waals surface area contributed by atoms with Crippen LogP contribution in [0, 0.1) is 0 Å².